The summed E-state index contributed by atoms with van der Waals surface area (Å²) in [6.45, 7) is 6.41. The van der Waals surface area contributed by atoms with Gasteiger partial charge < -0.3 is 20.1 Å². The number of hydrogen-bond donors (Lipinski definition) is 2. The Labute approximate surface area is 156 Å². The fraction of sp³-hybridized carbons (Fsp3) is 0.444. The van der Waals surface area contributed by atoms with Gasteiger partial charge in [-0.15, -0.1) is 0 Å². The van der Waals surface area contributed by atoms with Gasteiger partial charge in [0, 0.05) is 11.0 Å². The van der Waals surface area contributed by atoms with Gasteiger partial charge >= 0.3 is 5.97 Å². The van der Waals surface area contributed by atoms with Gasteiger partial charge in [0.1, 0.15) is 5.70 Å². The van der Waals surface area contributed by atoms with E-state index in [-0.39, 0.29) is 42.3 Å². The molecule has 7 heteroatoms. The van der Waals surface area contributed by atoms with Crippen molar-refractivity contribution < 1.29 is 19.4 Å². The van der Waals surface area contributed by atoms with Gasteiger partial charge in [0.2, 0.25) is 0 Å². The average molecular weight is 411 g/mol. The van der Waals surface area contributed by atoms with E-state index in [1.165, 1.54) is 12.0 Å². The van der Waals surface area contributed by atoms with Crippen LogP contribution in [0.15, 0.2) is 33.9 Å². The number of nitrogens with zero attached hydrogens (tertiary/aromatic N) is 1. The van der Waals surface area contributed by atoms with E-state index in [4.69, 9.17) is 9.84 Å². The molecule has 0 aromatic heterocycles. The van der Waals surface area contributed by atoms with Crippen LogP contribution in [0, 0.1) is 0 Å². The zero-order valence-corrected chi connectivity index (χ0v) is 16.4. The molecular weight excluding hydrogens is 388 g/mol. The zero-order valence-electron chi connectivity index (χ0n) is 14.9. The third-order valence-electron chi connectivity index (χ3n) is 4.05. The van der Waals surface area contributed by atoms with E-state index in [0.29, 0.717) is 5.69 Å². The molecule has 2 N–H and O–H groups in total. The minimum Gasteiger partial charge on any atom is -0.466 e. The molecule has 25 heavy (non-hydrogen) atoms. The van der Waals surface area contributed by atoms with E-state index in [1.807, 2.05) is 18.2 Å². The summed E-state index contributed by atoms with van der Waals surface area (Å²) < 4.78 is 5.58. The molecule has 2 rings (SSSR count). The molecule has 0 bridgehead atoms. The van der Waals surface area contributed by atoms with Crippen LogP contribution in [0.25, 0.3) is 0 Å². The molecule has 0 aliphatic carbocycles. The summed E-state index contributed by atoms with van der Waals surface area (Å²) >= 11 is 3.48. The number of rotatable bonds is 5. The van der Waals surface area contributed by atoms with Gasteiger partial charge in [0.25, 0.3) is 5.91 Å². The Kier molecular flexibility index (Phi) is 5.90. The van der Waals surface area contributed by atoms with E-state index in [0.717, 1.165) is 10.0 Å². The largest absolute Gasteiger partial charge is 0.466 e. The first kappa shape index (κ1) is 19.5. The quantitative estimate of drug-likeness (QED) is 0.728. The molecule has 6 nitrogen and oxygen atoms in total. The van der Waals surface area contributed by atoms with Crippen LogP contribution >= 0.6 is 15.9 Å². The highest BCUT2D eigenvalue weighted by atomic mass is 79.9. The van der Waals surface area contributed by atoms with Crippen molar-refractivity contribution in [3.8, 4) is 0 Å². The maximum Gasteiger partial charge on any atom is 0.337 e. The first-order valence-electron chi connectivity index (χ1n) is 7.97. The highest BCUT2D eigenvalue weighted by molar-refractivity contribution is 9.10. The molecule has 0 saturated heterocycles. The highest BCUT2D eigenvalue weighted by Crippen LogP contribution is 2.32. The number of carbonyl (C=O) groups excluding carboxylic acids is 2. The molecule has 0 atom stereocenters. The van der Waals surface area contributed by atoms with Gasteiger partial charge in [-0.3, -0.25) is 4.79 Å². The number of halogens is 1. The zero-order chi connectivity index (χ0) is 18.8. The van der Waals surface area contributed by atoms with E-state index >= 15 is 0 Å². The second kappa shape index (κ2) is 7.58. The van der Waals surface area contributed by atoms with Crippen molar-refractivity contribution in [2.24, 2.45) is 0 Å². The Morgan fingerprint density at radius 1 is 1.40 bits per heavy atom. The third-order valence-corrected chi connectivity index (χ3v) is 4.74. The van der Waals surface area contributed by atoms with Crippen LogP contribution in [-0.2, 0) is 19.7 Å². The van der Waals surface area contributed by atoms with E-state index in [1.54, 1.807) is 0 Å². The van der Waals surface area contributed by atoms with Gasteiger partial charge in [-0.25, -0.2) is 4.79 Å². The van der Waals surface area contributed by atoms with Crippen molar-refractivity contribution in [3.63, 3.8) is 0 Å². The van der Waals surface area contributed by atoms with Crippen LogP contribution in [-0.4, -0.2) is 48.7 Å². The SMILES string of the molecule is COC(=O)C1=C(Nc2cc(C(C)(C)C)ccc2Br)C(=O)N(CCO)C1. The summed E-state index contributed by atoms with van der Waals surface area (Å²) in [5.74, 6) is -0.887. The molecule has 1 aromatic carbocycles. The fourth-order valence-corrected chi connectivity index (χ4v) is 2.92. The van der Waals surface area contributed by atoms with E-state index in [2.05, 4.69) is 42.0 Å². The first-order valence-corrected chi connectivity index (χ1v) is 8.77. The lowest BCUT2D eigenvalue weighted by atomic mass is 9.87. The number of anilines is 1. The number of ether oxygens (including phenoxy) is 1. The lowest BCUT2D eigenvalue weighted by Crippen LogP contribution is -2.31. The Morgan fingerprint density at radius 3 is 2.64 bits per heavy atom. The Morgan fingerprint density at radius 2 is 2.08 bits per heavy atom. The molecule has 1 aliphatic rings. The molecule has 0 radical (unpaired) electrons. The number of aliphatic hydroxyl groups excluding tert-OH is 1. The molecule has 0 saturated carbocycles. The molecule has 0 spiro atoms. The number of nitrogens with one attached hydrogen (secondary N) is 1. The maximum atomic E-state index is 12.6. The molecule has 1 heterocycles. The van der Waals surface area contributed by atoms with Crippen molar-refractivity contribution in [2.75, 3.05) is 32.1 Å². The van der Waals surface area contributed by atoms with Crippen LogP contribution in [0.1, 0.15) is 26.3 Å². The van der Waals surface area contributed by atoms with Crippen LogP contribution in [0.4, 0.5) is 5.69 Å². The van der Waals surface area contributed by atoms with Crippen LogP contribution in [0.5, 0.6) is 0 Å². The van der Waals surface area contributed by atoms with Gasteiger partial charge in [0.15, 0.2) is 0 Å². The molecule has 0 fully saturated rings. The topological polar surface area (TPSA) is 78.9 Å². The highest BCUT2D eigenvalue weighted by Gasteiger charge is 2.34. The van der Waals surface area contributed by atoms with Gasteiger partial charge in [-0.2, -0.15) is 0 Å². The number of carbonyl (C=O) groups is 2. The van der Waals surface area contributed by atoms with Gasteiger partial charge in [-0.1, -0.05) is 26.8 Å². The van der Waals surface area contributed by atoms with E-state index < -0.39 is 5.97 Å². The second-order valence-electron chi connectivity index (χ2n) is 6.87. The Bertz CT molecular complexity index is 722. The normalized spacial score (nSPS) is 15.0. The molecule has 136 valence electrons. The van der Waals surface area contributed by atoms with Crippen molar-refractivity contribution in [2.45, 2.75) is 26.2 Å². The summed E-state index contributed by atoms with van der Waals surface area (Å²) in [5, 5.41) is 12.2. The standard InChI is InChI=1S/C18H23BrN2O4/c1-18(2,3)11-5-6-13(19)14(9-11)20-15-12(17(24)25-4)10-21(7-8-22)16(15)23/h5-6,9,20,22H,7-8,10H2,1-4H3. The molecule has 1 aromatic rings. The maximum absolute atomic E-state index is 12.6. The van der Waals surface area contributed by atoms with Crippen molar-refractivity contribution in [3.05, 3.63) is 39.5 Å². The van der Waals surface area contributed by atoms with Crippen molar-refractivity contribution in [1.82, 2.24) is 4.90 Å². The predicted octanol–water partition coefficient (Wildman–Crippen LogP) is 2.42. The summed E-state index contributed by atoms with van der Waals surface area (Å²) in [6.07, 6.45) is 0. The Balaban J connectivity index is 2.41. The second-order valence-corrected chi connectivity index (χ2v) is 7.72. The molecule has 1 aliphatic heterocycles. The van der Waals surface area contributed by atoms with Gasteiger partial charge in [-0.05, 0) is 39.0 Å². The number of amides is 1. The number of benzene rings is 1. The van der Waals surface area contributed by atoms with Crippen LogP contribution in [0.2, 0.25) is 0 Å². The lowest BCUT2D eigenvalue weighted by Gasteiger charge is -2.21. The van der Waals surface area contributed by atoms with Crippen LogP contribution in [0.3, 0.4) is 0 Å². The number of aliphatic hydroxyl groups is 1. The number of methoxy groups -OCH3 is 1. The summed E-state index contributed by atoms with van der Waals surface area (Å²) in [6, 6.07) is 5.87. The van der Waals surface area contributed by atoms with Crippen LogP contribution < -0.4 is 5.32 Å². The minimum atomic E-state index is -0.556. The predicted molar refractivity (Wildman–Crippen MR) is 99.2 cm³/mol. The van der Waals surface area contributed by atoms with Gasteiger partial charge in [0.05, 0.1) is 31.5 Å². The number of esters is 1. The number of β-amino-alcohol motifs (C(OH)–C–C–N with tert-alkyl or cyclic N) is 1. The smallest absolute Gasteiger partial charge is 0.337 e. The fourth-order valence-electron chi connectivity index (χ4n) is 2.57. The first-order chi connectivity index (χ1) is 11.7. The monoisotopic (exact) mass is 410 g/mol. The average Bonchev–Trinajstić information content (AvgIpc) is 2.85. The molecule has 1 amide bonds. The summed E-state index contributed by atoms with van der Waals surface area (Å²) in [5.41, 5.74) is 2.18. The van der Waals surface area contributed by atoms with Crippen molar-refractivity contribution in [1.29, 1.82) is 0 Å². The number of hydrogen-bond acceptors (Lipinski definition) is 5. The third kappa shape index (κ3) is 4.22. The molecular formula is C18H23BrN2O4. The minimum absolute atomic E-state index is 0.0563. The summed E-state index contributed by atoms with van der Waals surface area (Å²) in [7, 11) is 1.28. The summed E-state index contributed by atoms with van der Waals surface area (Å²) in [4.78, 5) is 26.1. The van der Waals surface area contributed by atoms with Crippen molar-refractivity contribution >= 4 is 33.5 Å². The van der Waals surface area contributed by atoms with E-state index in [9.17, 15) is 9.59 Å². The Hall–Kier alpha value is -1.86. The lowest BCUT2D eigenvalue weighted by molar-refractivity contribution is -0.136. The molecule has 0 unspecified atom stereocenters.